The highest BCUT2D eigenvalue weighted by Crippen LogP contribution is 2.21. The van der Waals surface area contributed by atoms with Crippen molar-refractivity contribution in [2.24, 2.45) is 0 Å². The molecule has 8 heteroatoms. The average molecular weight is 336 g/mol. The highest BCUT2D eigenvalue weighted by Gasteiger charge is 2.44. The van der Waals surface area contributed by atoms with Gasteiger partial charge in [0.15, 0.2) is 6.29 Å². The number of rotatable bonds is 10. The third kappa shape index (κ3) is 6.72. The van der Waals surface area contributed by atoms with E-state index in [0.717, 1.165) is 19.3 Å². The first-order valence-corrected chi connectivity index (χ1v) is 7.88. The third-order valence-corrected chi connectivity index (χ3v) is 3.51. The lowest BCUT2D eigenvalue weighted by molar-refractivity contribution is -0.304. The summed E-state index contributed by atoms with van der Waals surface area (Å²) in [6, 6.07) is 0. The van der Waals surface area contributed by atoms with E-state index in [1.165, 1.54) is 6.26 Å². The molecule has 1 saturated heterocycles. The Kier molecular flexibility index (Phi) is 9.65. The van der Waals surface area contributed by atoms with Crippen molar-refractivity contribution in [2.45, 2.75) is 63.0 Å². The van der Waals surface area contributed by atoms with E-state index in [4.69, 9.17) is 19.3 Å². The van der Waals surface area contributed by atoms with Gasteiger partial charge in [-0.05, 0) is 18.9 Å². The molecule has 0 spiro atoms. The Morgan fingerprint density at radius 2 is 1.87 bits per heavy atom. The Morgan fingerprint density at radius 1 is 1.13 bits per heavy atom. The fourth-order valence-corrected chi connectivity index (χ4v) is 2.08. The minimum Gasteiger partial charge on any atom is -0.499 e. The molecule has 0 aromatic rings. The van der Waals surface area contributed by atoms with Crippen LogP contribution in [0.4, 0.5) is 0 Å². The second kappa shape index (κ2) is 10.9. The molecule has 1 unspecified atom stereocenters. The van der Waals surface area contributed by atoms with Gasteiger partial charge in [0, 0.05) is 0 Å². The average Bonchev–Trinajstić information content (AvgIpc) is 2.55. The number of hydrogen-bond acceptors (Lipinski definition) is 8. The summed E-state index contributed by atoms with van der Waals surface area (Å²) in [7, 11) is 0. The van der Waals surface area contributed by atoms with Crippen molar-refractivity contribution in [1.29, 1.82) is 0 Å². The molecule has 6 atom stereocenters. The van der Waals surface area contributed by atoms with Gasteiger partial charge in [-0.25, -0.2) is 0 Å². The summed E-state index contributed by atoms with van der Waals surface area (Å²) >= 11 is 0. The van der Waals surface area contributed by atoms with Crippen LogP contribution in [0.25, 0.3) is 0 Å². The van der Waals surface area contributed by atoms with Gasteiger partial charge >= 0.3 is 0 Å². The van der Waals surface area contributed by atoms with Crippen molar-refractivity contribution in [1.82, 2.24) is 0 Å². The Bertz CT molecular complexity index is 335. The van der Waals surface area contributed by atoms with Crippen LogP contribution in [0.2, 0.25) is 0 Å². The topological polar surface area (TPSA) is 129 Å². The van der Waals surface area contributed by atoms with Crippen molar-refractivity contribution in [3.63, 3.8) is 0 Å². The third-order valence-electron chi connectivity index (χ3n) is 3.51. The predicted molar refractivity (Wildman–Crippen MR) is 80.3 cm³/mol. The number of ether oxygens (including phenoxy) is 3. The zero-order valence-corrected chi connectivity index (χ0v) is 13.3. The molecule has 1 aliphatic rings. The standard InChI is InChI=1S/C15H28O8/c1-2-3-4-5-6-21-8-10(17)9-22-15-14(20)13(19)12(18)11(7-16)23-15/h5-6,10-20H,2-4,7-9H2,1H3/t10?,11-,12+,13+,14-,15-/m1/s1. The van der Waals surface area contributed by atoms with Crippen LogP contribution in [-0.4, -0.2) is 82.2 Å². The summed E-state index contributed by atoms with van der Waals surface area (Å²) in [5.74, 6) is 0. The van der Waals surface area contributed by atoms with Crippen LogP contribution >= 0.6 is 0 Å². The molecule has 0 saturated carbocycles. The maximum absolute atomic E-state index is 9.76. The van der Waals surface area contributed by atoms with Gasteiger partial charge in [-0.3, -0.25) is 0 Å². The molecule has 0 bridgehead atoms. The summed E-state index contributed by atoms with van der Waals surface area (Å²) in [6.45, 7) is 1.39. The van der Waals surface area contributed by atoms with Gasteiger partial charge in [0.2, 0.25) is 0 Å². The normalized spacial score (nSPS) is 33.0. The summed E-state index contributed by atoms with van der Waals surface area (Å²) in [6.07, 6.45) is -1.17. The minimum absolute atomic E-state index is 0.0139. The van der Waals surface area contributed by atoms with Crippen molar-refractivity contribution in [3.05, 3.63) is 12.3 Å². The zero-order valence-electron chi connectivity index (χ0n) is 13.3. The molecule has 23 heavy (non-hydrogen) atoms. The van der Waals surface area contributed by atoms with E-state index >= 15 is 0 Å². The van der Waals surface area contributed by atoms with Gasteiger partial charge in [0.1, 0.15) is 37.1 Å². The van der Waals surface area contributed by atoms with E-state index in [2.05, 4.69) is 6.92 Å². The van der Waals surface area contributed by atoms with Crippen molar-refractivity contribution >= 4 is 0 Å². The lowest BCUT2D eigenvalue weighted by Crippen LogP contribution is -2.59. The van der Waals surface area contributed by atoms with Crippen molar-refractivity contribution < 1.29 is 39.7 Å². The smallest absolute Gasteiger partial charge is 0.186 e. The Balaban J connectivity index is 2.28. The lowest BCUT2D eigenvalue weighted by Gasteiger charge is -2.39. The van der Waals surface area contributed by atoms with Crippen LogP contribution in [0.3, 0.4) is 0 Å². The van der Waals surface area contributed by atoms with Crippen LogP contribution in [0.5, 0.6) is 0 Å². The van der Waals surface area contributed by atoms with Crippen molar-refractivity contribution in [3.8, 4) is 0 Å². The van der Waals surface area contributed by atoms with Gasteiger partial charge in [-0.2, -0.15) is 0 Å². The minimum atomic E-state index is -1.50. The highest BCUT2D eigenvalue weighted by atomic mass is 16.7. The van der Waals surface area contributed by atoms with E-state index in [-0.39, 0.29) is 13.2 Å². The Morgan fingerprint density at radius 3 is 2.52 bits per heavy atom. The SMILES string of the molecule is CCCCC=COCC(O)CO[C@@H]1O[C@H](CO)[C@H](O)[C@H](O)[C@H]1O. The molecule has 0 aromatic carbocycles. The van der Waals surface area contributed by atoms with Crippen LogP contribution < -0.4 is 0 Å². The molecule has 0 amide bonds. The zero-order chi connectivity index (χ0) is 17.2. The van der Waals surface area contributed by atoms with Gasteiger partial charge < -0.3 is 39.7 Å². The van der Waals surface area contributed by atoms with Crippen LogP contribution in [0, 0.1) is 0 Å². The maximum atomic E-state index is 9.76. The number of hydrogen-bond donors (Lipinski definition) is 5. The first-order valence-electron chi connectivity index (χ1n) is 7.88. The van der Waals surface area contributed by atoms with Gasteiger partial charge in [-0.15, -0.1) is 0 Å². The van der Waals surface area contributed by atoms with E-state index in [0.29, 0.717) is 0 Å². The van der Waals surface area contributed by atoms with E-state index in [1.807, 2.05) is 6.08 Å². The number of aliphatic hydroxyl groups excluding tert-OH is 5. The van der Waals surface area contributed by atoms with Crippen LogP contribution in [0.1, 0.15) is 26.2 Å². The molecular weight excluding hydrogens is 308 g/mol. The van der Waals surface area contributed by atoms with Gasteiger partial charge in [0.05, 0.1) is 19.5 Å². The quantitative estimate of drug-likeness (QED) is 0.251. The molecule has 0 radical (unpaired) electrons. The maximum Gasteiger partial charge on any atom is 0.186 e. The van der Waals surface area contributed by atoms with E-state index < -0.39 is 43.4 Å². The molecule has 0 aliphatic carbocycles. The highest BCUT2D eigenvalue weighted by molar-refractivity contribution is 4.88. The fraction of sp³-hybridized carbons (Fsp3) is 0.867. The first-order chi connectivity index (χ1) is 11.0. The summed E-state index contributed by atoms with van der Waals surface area (Å²) in [4.78, 5) is 0. The van der Waals surface area contributed by atoms with E-state index in [9.17, 15) is 20.4 Å². The molecule has 1 aliphatic heterocycles. The van der Waals surface area contributed by atoms with Crippen molar-refractivity contribution in [2.75, 3.05) is 19.8 Å². The largest absolute Gasteiger partial charge is 0.499 e. The number of aliphatic hydroxyl groups is 5. The molecule has 0 aromatic heterocycles. The lowest BCUT2D eigenvalue weighted by atomic mass is 9.99. The molecule has 1 rings (SSSR count). The molecule has 136 valence electrons. The molecule has 1 fully saturated rings. The van der Waals surface area contributed by atoms with Crippen LogP contribution in [-0.2, 0) is 14.2 Å². The number of allylic oxidation sites excluding steroid dienone is 1. The molecular formula is C15H28O8. The fourth-order valence-electron chi connectivity index (χ4n) is 2.08. The predicted octanol–water partition coefficient (Wildman–Crippen LogP) is -1.12. The van der Waals surface area contributed by atoms with Crippen LogP contribution in [0.15, 0.2) is 12.3 Å². The second-order valence-electron chi connectivity index (χ2n) is 5.53. The van der Waals surface area contributed by atoms with Gasteiger partial charge in [0.25, 0.3) is 0 Å². The Labute approximate surface area is 135 Å². The second-order valence-corrected chi connectivity index (χ2v) is 5.53. The molecule has 8 nitrogen and oxygen atoms in total. The monoisotopic (exact) mass is 336 g/mol. The summed E-state index contributed by atoms with van der Waals surface area (Å²) in [5, 5.41) is 47.8. The molecule has 1 heterocycles. The van der Waals surface area contributed by atoms with Gasteiger partial charge in [-0.1, -0.05) is 13.3 Å². The summed E-state index contributed by atoms with van der Waals surface area (Å²) < 4.78 is 15.5. The first kappa shape index (κ1) is 20.3. The molecule has 5 N–H and O–H groups in total. The van der Waals surface area contributed by atoms with E-state index in [1.54, 1.807) is 0 Å². The number of unbranched alkanes of at least 4 members (excludes halogenated alkanes) is 2. The summed E-state index contributed by atoms with van der Waals surface area (Å²) in [5.41, 5.74) is 0. The Hall–Kier alpha value is -0.740.